The summed E-state index contributed by atoms with van der Waals surface area (Å²) in [6.07, 6.45) is 5.34. The Balaban J connectivity index is 2.08. The number of pyridine rings is 1. The minimum atomic E-state index is 0.162. The molecule has 0 aliphatic rings. The summed E-state index contributed by atoms with van der Waals surface area (Å²) in [4.78, 5) is 4.14. The number of para-hydroxylation sites is 1. The van der Waals surface area contributed by atoms with Crippen LogP contribution in [0.15, 0.2) is 42.9 Å². The molecule has 3 rings (SSSR count). The number of hydrogen-bond donors (Lipinski definition) is 2. The Morgan fingerprint density at radius 1 is 1.11 bits per heavy atom. The van der Waals surface area contributed by atoms with Crippen LogP contribution in [-0.2, 0) is 0 Å². The predicted molar refractivity (Wildman–Crippen MR) is 76.1 cm³/mol. The van der Waals surface area contributed by atoms with E-state index in [1.807, 2.05) is 44.3 Å². The molecule has 1 aromatic carbocycles. The predicted octanol–water partition coefficient (Wildman–Crippen LogP) is 3.40. The van der Waals surface area contributed by atoms with Crippen molar-refractivity contribution in [1.29, 1.82) is 0 Å². The molecule has 0 amide bonds. The molecule has 2 heterocycles. The van der Waals surface area contributed by atoms with Crippen molar-refractivity contribution in [1.82, 2.24) is 9.38 Å². The molecule has 0 aliphatic heterocycles. The Hall–Kier alpha value is -2.49. The average Bonchev–Trinajstić information content (AvgIpc) is 2.85. The smallest absolute Gasteiger partial charge is 0.183 e. The summed E-state index contributed by atoms with van der Waals surface area (Å²) < 4.78 is 1.78. The van der Waals surface area contributed by atoms with E-state index in [1.165, 1.54) is 0 Å². The van der Waals surface area contributed by atoms with Gasteiger partial charge in [0.25, 0.3) is 0 Å². The van der Waals surface area contributed by atoms with Crippen LogP contribution in [-0.4, -0.2) is 14.5 Å². The molecule has 0 bridgehead atoms. The normalized spacial score (nSPS) is 10.8. The van der Waals surface area contributed by atoms with Gasteiger partial charge in [-0.25, -0.2) is 4.98 Å². The fourth-order valence-corrected chi connectivity index (χ4v) is 2.22. The van der Waals surface area contributed by atoms with E-state index in [1.54, 1.807) is 16.8 Å². The molecular formula is C15H15N3O. The van der Waals surface area contributed by atoms with Crippen molar-refractivity contribution in [3.8, 4) is 5.75 Å². The summed E-state index contributed by atoms with van der Waals surface area (Å²) in [5, 5.41) is 13.5. The number of aryl methyl sites for hydroxylation is 2. The lowest BCUT2D eigenvalue weighted by Crippen LogP contribution is -1.97. The van der Waals surface area contributed by atoms with E-state index in [-0.39, 0.29) is 5.75 Å². The van der Waals surface area contributed by atoms with Gasteiger partial charge in [-0.05, 0) is 31.0 Å². The van der Waals surface area contributed by atoms with E-state index in [9.17, 15) is 5.11 Å². The van der Waals surface area contributed by atoms with Crippen molar-refractivity contribution in [2.45, 2.75) is 13.8 Å². The van der Waals surface area contributed by atoms with E-state index >= 15 is 0 Å². The van der Waals surface area contributed by atoms with Crippen LogP contribution in [0.5, 0.6) is 5.75 Å². The van der Waals surface area contributed by atoms with Crippen LogP contribution in [0.2, 0.25) is 0 Å². The highest BCUT2D eigenvalue weighted by molar-refractivity contribution is 5.76. The van der Waals surface area contributed by atoms with Gasteiger partial charge in [0.15, 0.2) is 11.4 Å². The van der Waals surface area contributed by atoms with Crippen LogP contribution >= 0.6 is 0 Å². The van der Waals surface area contributed by atoms with Gasteiger partial charge in [0.05, 0.1) is 5.69 Å². The van der Waals surface area contributed by atoms with Gasteiger partial charge in [-0.2, -0.15) is 0 Å². The Morgan fingerprint density at radius 3 is 2.58 bits per heavy atom. The number of aromatic nitrogens is 2. The average molecular weight is 253 g/mol. The first-order valence-electron chi connectivity index (χ1n) is 6.14. The molecule has 0 atom stereocenters. The Labute approximate surface area is 111 Å². The lowest BCUT2D eigenvalue weighted by molar-refractivity contribution is 0.480. The zero-order chi connectivity index (χ0) is 13.4. The first-order chi connectivity index (χ1) is 9.16. The largest absolute Gasteiger partial charge is 0.503 e. The zero-order valence-corrected chi connectivity index (χ0v) is 10.9. The molecule has 19 heavy (non-hydrogen) atoms. The van der Waals surface area contributed by atoms with Gasteiger partial charge in [0.2, 0.25) is 0 Å². The molecule has 4 heteroatoms. The van der Waals surface area contributed by atoms with Gasteiger partial charge < -0.3 is 14.8 Å². The van der Waals surface area contributed by atoms with Crippen LogP contribution in [0.3, 0.4) is 0 Å². The third-order valence-electron chi connectivity index (χ3n) is 3.28. The summed E-state index contributed by atoms with van der Waals surface area (Å²) in [5.74, 6) is 0.162. The van der Waals surface area contributed by atoms with Crippen LogP contribution in [0, 0.1) is 13.8 Å². The van der Waals surface area contributed by atoms with E-state index in [0.717, 1.165) is 16.8 Å². The van der Waals surface area contributed by atoms with Crippen molar-refractivity contribution in [2.75, 3.05) is 5.32 Å². The van der Waals surface area contributed by atoms with E-state index in [4.69, 9.17) is 0 Å². The minimum absolute atomic E-state index is 0.162. The molecule has 0 unspecified atom stereocenters. The summed E-state index contributed by atoms with van der Waals surface area (Å²) in [6, 6.07) is 7.95. The maximum Gasteiger partial charge on any atom is 0.183 e. The van der Waals surface area contributed by atoms with Crippen molar-refractivity contribution < 1.29 is 5.11 Å². The first kappa shape index (κ1) is 11.6. The highest BCUT2D eigenvalue weighted by atomic mass is 16.3. The maximum atomic E-state index is 10.2. The van der Waals surface area contributed by atoms with Crippen LogP contribution in [0.4, 0.5) is 11.4 Å². The highest BCUT2D eigenvalue weighted by Crippen LogP contribution is 2.32. The van der Waals surface area contributed by atoms with Gasteiger partial charge in [0.1, 0.15) is 0 Å². The quantitative estimate of drug-likeness (QED) is 0.736. The fourth-order valence-electron chi connectivity index (χ4n) is 2.22. The highest BCUT2D eigenvalue weighted by Gasteiger charge is 2.10. The summed E-state index contributed by atoms with van der Waals surface area (Å²) in [7, 11) is 0. The molecule has 0 saturated heterocycles. The van der Waals surface area contributed by atoms with Gasteiger partial charge in [0, 0.05) is 24.3 Å². The van der Waals surface area contributed by atoms with Gasteiger partial charge in [-0.15, -0.1) is 0 Å². The van der Waals surface area contributed by atoms with E-state index in [0.29, 0.717) is 11.3 Å². The number of aromatic hydroxyl groups is 1. The van der Waals surface area contributed by atoms with Crippen molar-refractivity contribution in [2.24, 2.45) is 0 Å². The van der Waals surface area contributed by atoms with Crippen molar-refractivity contribution in [3.05, 3.63) is 54.0 Å². The van der Waals surface area contributed by atoms with Crippen LogP contribution in [0.25, 0.3) is 5.65 Å². The second-order valence-corrected chi connectivity index (χ2v) is 4.63. The molecule has 2 aromatic heterocycles. The maximum absolute atomic E-state index is 10.2. The lowest BCUT2D eigenvalue weighted by Gasteiger charge is -2.14. The second kappa shape index (κ2) is 4.31. The van der Waals surface area contributed by atoms with E-state index < -0.39 is 0 Å². The third-order valence-corrected chi connectivity index (χ3v) is 3.28. The Kier molecular flexibility index (Phi) is 2.63. The number of rotatable bonds is 2. The number of fused-ring (bicyclic) bond motifs is 1. The van der Waals surface area contributed by atoms with Crippen LogP contribution < -0.4 is 5.32 Å². The SMILES string of the molecule is Cc1cccc(C)c1Nc1ccn2ccnc2c1O. The molecule has 3 aromatic rings. The van der Waals surface area contributed by atoms with Gasteiger partial charge in [-0.3, -0.25) is 0 Å². The molecule has 4 nitrogen and oxygen atoms in total. The summed E-state index contributed by atoms with van der Waals surface area (Å²) >= 11 is 0. The number of benzene rings is 1. The second-order valence-electron chi connectivity index (χ2n) is 4.63. The van der Waals surface area contributed by atoms with Gasteiger partial charge >= 0.3 is 0 Å². The van der Waals surface area contributed by atoms with Crippen molar-refractivity contribution >= 4 is 17.0 Å². The molecule has 0 radical (unpaired) electrons. The van der Waals surface area contributed by atoms with E-state index in [2.05, 4.69) is 10.3 Å². The summed E-state index contributed by atoms with van der Waals surface area (Å²) in [6.45, 7) is 4.08. The topological polar surface area (TPSA) is 49.6 Å². The number of nitrogens with one attached hydrogen (secondary N) is 1. The molecule has 0 spiro atoms. The third kappa shape index (κ3) is 1.91. The number of nitrogens with zero attached hydrogens (tertiary/aromatic N) is 2. The zero-order valence-electron chi connectivity index (χ0n) is 10.9. The van der Waals surface area contributed by atoms with Gasteiger partial charge in [-0.1, -0.05) is 18.2 Å². The fraction of sp³-hybridized carbons (Fsp3) is 0.133. The molecule has 0 fully saturated rings. The number of hydrogen-bond acceptors (Lipinski definition) is 3. The minimum Gasteiger partial charge on any atom is -0.503 e. The number of anilines is 2. The Morgan fingerprint density at radius 2 is 1.84 bits per heavy atom. The van der Waals surface area contributed by atoms with Crippen LogP contribution in [0.1, 0.15) is 11.1 Å². The standard InChI is InChI=1S/C15H15N3O/c1-10-4-3-5-11(2)13(10)17-12-6-8-18-9-7-16-15(18)14(12)19/h3-9,17,19H,1-2H3. The Bertz CT molecular complexity index is 726. The van der Waals surface area contributed by atoms with Crippen molar-refractivity contribution in [3.63, 3.8) is 0 Å². The molecule has 0 aliphatic carbocycles. The molecule has 0 saturated carbocycles. The lowest BCUT2D eigenvalue weighted by atomic mass is 10.1. The molecule has 2 N–H and O–H groups in total. The summed E-state index contributed by atoms with van der Waals surface area (Å²) in [5.41, 5.74) is 4.52. The monoisotopic (exact) mass is 253 g/mol. The first-order valence-corrected chi connectivity index (χ1v) is 6.14. The number of imidazole rings is 1. The molecular weight excluding hydrogens is 238 g/mol. The molecule has 96 valence electrons.